The number of hydrogen-bond acceptors (Lipinski definition) is 5. The molecule has 1 N–H and O–H groups in total. The Labute approximate surface area is 170 Å². The Kier molecular flexibility index (Phi) is 9.91. The molecule has 0 saturated carbocycles. The van der Waals surface area contributed by atoms with E-state index in [2.05, 4.69) is 4.74 Å². The van der Waals surface area contributed by atoms with Crippen molar-refractivity contribution in [3.63, 3.8) is 0 Å². The van der Waals surface area contributed by atoms with Gasteiger partial charge < -0.3 is 23.8 Å². The summed E-state index contributed by atoms with van der Waals surface area (Å²) >= 11 is 5.78. The predicted molar refractivity (Wildman–Crippen MR) is 71.7 cm³/mol. The minimum Gasteiger partial charge on any atom is -0.776 e. The third kappa shape index (κ3) is 7.59. The van der Waals surface area contributed by atoms with Crippen molar-refractivity contribution in [1.29, 1.82) is 0 Å². The van der Waals surface area contributed by atoms with Crippen molar-refractivity contribution in [2.24, 2.45) is 0 Å². The number of aryl methyl sites for hydroxylation is 1. The van der Waals surface area contributed by atoms with Crippen molar-refractivity contribution in [2.45, 2.75) is 26.1 Å². The van der Waals surface area contributed by atoms with Gasteiger partial charge in [-0.2, -0.15) is 0 Å². The summed E-state index contributed by atoms with van der Waals surface area (Å²) in [6, 6.07) is 4.85. The van der Waals surface area contributed by atoms with Crippen LogP contribution in [0.3, 0.4) is 0 Å². The van der Waals surface area contributed by atoms with Crippen LogP contribution in [0.15, 0.2) is 18.2 Å². The molecule has 0 bridgehead atoms. The van der Waals surface area contributed by atoms with Gasteiger partial charge in [0, 0.05) is 5.02 Å². The molecule has 0 aromatic heterocycles. The first-order valence-corrected chi connectivity index (χ1v) is 7.88. The number of benzene rings is 1. The van der Waals surface area contributed by atoms with Gasteiger partial charge in [-0.05, 0) is 37.1 Å². The van der Waals surface area contributed by atoms with Crippen molar-refractivity contribution in [1.82, 2.24) is 0 Å². The third-order valence-corrected chi connectivity index (χ3v) is 3.90. The van der Waals surface area contributed by atoms with Crippen molar-refractivity contribution < 1.29 is 80.0 Å². The molecule has 1 aromatic carbocycles. The van der Waals surface area contributed by atoms with E-state index in [1.54, 1.807) is 25.1 Å². The third-order valence-electron chi connectivity index (χ3n) is 2.46. The molecule has 1 aromatic rings. The summed E-state index contributed by atoms with van der Waals surface area (Å²) in [6.07, 6.45) is -0.0387. The summed E-state index contributed by atoms with van der Waals surface area (Å²) in [4.78, 5) is 31.2. The molecule has 6 nitrogen and oxygen atoms in total. The van der Waals surface area contributed by atoms with E-state index in [0.717, 1.165) is 5.56 Å². The van der Waals surface area contributed by atoms with E-state index in [0.29, 0.717) is 10.8 Å². The fourth-order valence-electron chi connectivity index (χ4n) is 1.48. The van der Waals surface area contributed by atoms with Gasteiger partial charge in [-0.25, -0.2) is 4.79 Å². The molecular formula is C12H15ClKO6P. The standard InChI is InChI=1S/C12H16ClO6P.K/c1-3-12(20(15,16)17)19-11(14)7-18-10-5-4-9(13)6-8(10)2;/h4-6,12H,3,7H2,1-2H3,(H2,15,16,17);/q;+1/p-1. The van der Waals surface area contributed by atoms with Crippen molar-refractivity contribution >= 4 is 25.2 Å². The molecule has 0 aliphatic heterocycles. The fraction of sp³-hybridized carbons (Fsp3) is 0.417. The van der Waals surface area contributed by atoms with Gasteiger partial charge in [0.05, 0.1) is 0 Å². The van der Waals surface area contributed by atoms with Gasteiger partial charge in [-0.3, -0.25) is 0 Å². The average molecular weight is 361 g/mol. The first-order chi connectivity index (χ1) is 9.24. The van der Waals surface area contributed by atoms with Crippen LogP contribution in [0.1, 0.15) is 18.9 Å². The van der Waals surface area contributed by atoms with E-state index >= 15 is 0 Å². The van der Waals surface area contributed by atoms with Crippen molar-refractivity contribution in [3.8, 4) is 5.75 Å². The maximum atomic E-state index is 11.5. The number of hydrogen-bond donors (Lipinski definition) is 1. The van der Waals surface area contributed by atoms with Crippen LogP contribution in [0, 0.1) is 6.92 Å². The van der Waals surface area contributed by atoms with Crippen LogP contribution in [0.5, 0.6) is 5.75 Å². The number of halogens is 1. The molecule has 21 heavy (non-hydrogen) atoms. The first kappa shape index (κ1) is 21.6. The molecule has 2 atom stereocenters. The second-order valence-corrected chi connectivity index (χ2v) is 6.26. The average Bonchev–Trinajstić information content (AvgIpc) is 2.33. The van der Waals surface area contributed by atoms with E-state index in [4.69, 9.17) is 21.2 Å². The Morgan fingerprint density at radius 2 is 2.14 bits per heavy atom. The molecule has 1 rings (SSSR count). The second-order valence-electron chi connectivity index (χ2n) is 4.12. The molecule has 0 fully saturated rings. The monoisotopic (exact) mass is 360 g/mol. The van der Waals surface area contributed by atoms with Crippen LogP contribution >= 0.6 is 19.2 Å². The zero-order chi connectivity index (χ0) is 15.3. The van der Waals surface area contributed by atoms with Crippen LogP contribution in [-0.2, 0) is 14.1 Å². The summed E-state index contributed by atoms with van der Waals surface area (Å²) in [5.74, 6) is -1.99. The molecule has 0 amide bonds. The van der Waals surface area contributed by atoms with Crippen LogP contribution in [-0.4, -0.2) is 23.3 Å². The Morgan fingerprint density at radius 1 is 1.52 bits per heavy atom. The number of carbonyl (C=O) groups is 1. The first-order valence-electron chi connectivity index (χ1n) is 5.86. The van der Waals surface area contributed by atoms with Gasteiger partial charge in [0.2, 0.25) is 0 Å². The number of ether oxygens (including phenoxy) is 2. The Balaban J connectivity index is 0.00000400. The molecule has 0 aliphatic rings. The zero-order valence-electron chi connectivity index (χ0n) is 12.0. The maximum Gasteiger partial charge on any atom is 1.00 e. The van der Waals surface area contributed by atoms with E-state index < -0.39 is 26.0 Å². The quantitative estimate of drug-likeness (QED) is 0.391. The van der Waals surface area contributed by atoms with Gasteiger partial charge >= 0.3 is 57.4 Å². The summed E-state index contributed by atoms with van der Waals surface area (Å²) in [6.45, 7) is 2.77. The van der Waals surface area contributed by atoms with Crippen LogP contribution in [0.25, 0.3) is 0 Å². The fourth-order valence-corrected chi connectivity index (χ4v) is 2.42. The van der Waals surface area contributed by atoms with Gasteiger partial charge in [-0.1, -0.05) is 18.5 Å². The largest absolute Gasteiger partial charge is 1.00 e. The SMILES string of the molecule is CCC(OC(=O)COc1ccc(Cl)cc1C)P(=O)([O-])O.[K+]. The van der Waals surface area contributed by atoms with Gasteiger partial charge in [0.25, 0.3) is 0 Å². The van der Waals surface area contributed by atoms with Crippen molar-refractivity contribution in [2.75, 3.05) is 6.61 Å². The predicted octanol–water partition coefficient (Wildman–Crippen LogP) is -1.14. The minimum absolute atomic E-state index is 0. The molecule has 9 heteroatoms. The van der Waals surface area contributed by atoms with Gasteiger partial charge in [0.1, 0.15) is 5.75 Å². The Morgan fingerprint density at radius 3 is 2.62 bits per heavy atom. The van der Waals surface area contributed by atoms with Crippen LogP contribution < -0.4 is 61.0 Å². The topological polar surface area (TPSA) is 95.9 Å². The molecular weight excluding hydrogens is 346 g/mol. The number of esters is 1. The summed E-state index contributed by atoms with van der Waals surface area (Å²) in [5.41, 5.74) is 0.731. The van der Waals surface area contributed by atoms with Gasteiger partial charge in [0.15, 0.2) is 20.0 Å². The summed E-state index contributed by atoms with van der Waals surface area (Å²) in [5, 5.41) is 0.538. The smallest absolute Gasteiger partial charge is 0.776 e. The van der Waals surface area contributed by atoms with Crippen molar-refractivity contribution in [3.05, 3.63) is 28.8 Å². The molecule has 2 unspecified atom stereocenters. The number of rotatable bonds is 6. The maximum absolute atomic E-state index is 11.5. The van der Waals surface area contributed by atoms with E-state index in [1.165, 1.54) is 6.92 Å². The molecule has 0 heterocycles. The molecule has 0 radical (unpaired) electrons. The normalized spacial score (nSPS) is 14.5. The number of carbonyl (C=O) groups excluding carboxylic acids is 1. The second kappa shape index (κ2) is 9.65. The minimum atomic E-state index is -4.71. The van der Waals surface area contributed by atoms with E-state index in [-0.39, 0.29) is 57.8 Å². The van der Waals surface area contributed by atoms with Crippen LogP contribution in [0.4, 0.5) is 0 Å². The van der Waals surface area contributed by atoms with E-state index in [9.17, 15) is 14.3 Å². The Bertz CT molecular complexity index is 532. The summed E-state index contributed by atoms with van der Waals surface area (Å²) < 4.78 is 20.8. The zero-order valence-corrected chi connectivity index (χ0v) is 16.8. The molecule has 0 spiro atoms. The van der Waals surface area contributed by atoms with E-state index in [1.807, 2.05) is 0 Å². The molecule has 0 saturated heterocycles. The van der Waals surface area contributed by atoms with Gasteiger partial charge in [-0.15, -0.1) is 0 Å². The summed E-state index contributed by atoms with van der Waals surface area (Å²) in [7, 11) is -4.71. The molecule has 112 valence electrons. The molecule has 0 aliphatic carbocycles. The van der Waals surface area contributed by atoms with Crippen LogP contribution in [0.2, 0.25) is 5.02 Å². The Hall–Kier alpha value is 0.566.